The van der Waals surface area contributed by atoms with E-state index in [0.717, 1.165) is 46.7 Å². The monoisotopic (exact) mass is 1950 g/mol. The number of nitrogens with two attached hydrogens (primary N) is 3. The van der Waals surface area contributed by atoms with E-state index in [4.69, 9.17) is 55.1 Å². The number of rotatable bonds is 55. The van der Waals surface area contributed by atoms with Gasteiger partial charge in [-0.15, -0.1) is 0 Å². The first kappa shape index (κ1) is 112. The second-order valence-electron chi connectivity index (χ2n) is 35.2. The first-order chi connectivity index (χ1) is 66.2. The number of anilines is 1. The van der Waals surface area contributed by atoms with Crippen molar-refractivity contribution in [1.29, 1.82) is 0 Å². The molecule has 0 saturated carbocycles. The van der Waals surface area contributed by atoms with Crippen LogP contribution in [0.5, 0.6) is 5.75 Å². The SMILES string of the molecule is CC[C@H](C)[C@@H]1NC(=O)[C@H](Cc2ccc(OC)cc2)NC(=O)CCCSC[C@@H](C(=O)N2CCC[C@H]2C(=O)N[C@@H](CCCCNC(=O)CCC(=O)NCCOCCOCCOCCOCCOCCOCCOCCNC(=O)CCC[N+]2=C(/C=C3/C(=O)C(/C=C4/N(CC)c5ccccc5C4(C)C)=C3O)C(C)(C)c3ccccc32)C(=O)NCC(N)=O)NC(=O)[C@H](CC(N)=O)NC(=O)C(CCC(N)=O)NC1=O. The molecular weight excluding hydrogens is 1810 g/mol. The number of likely N-dealkylation sites (N-methyl/N-ethyl adjacent to an activating group) is 1. The number of hydrogen-bond acceptors (Lipinski definition) is 26. The minimum atomic E-state index is -1.79. The Balaban J connectivity index is 0.650. The Labute approximate surface area is 810 Å². The number of amides is 14. The van der Waals surface area contributed by atoms with Crippen molar-refractivity contribution in [3.8, 4) is 5.75 Å². The fourth-order valence-corrected chi connectivity index (χ4v) is 17.5. The van der Waals surface area contributed by atoms with Crippen molar-refractivity contribution in [3.05, 3.63) is 124 Å². The highest BCUT2D eigenvalue weighted by molar-refractivity contribution is 7.99. The van der Waals surface area contributed by atoms with Crippen molar-refractivity contribution in [2.45, 2.75) is 204 Å². The van der Waals surface area contributed by atoms with Crippen LogP contribution in [-0.4, -0.2) is 308 Å². The number of nitrogens with zero attached hydrogens (tertiary/aromatic N) is 3. The molecule has 8 rings (SSSR count). The lowest BCUT2D eigenvalue weighted by Gasteiger charge is -2.31. The Morgan fingerprint density at radius 3 is 1.74 bits per heavy atom. The van der Waals surface area contributed by atoms with E-state index in [0.29, 0.717) is 129 Å². The summed E-state index contributed by atoms with van der Waals surface area (Å²) in [7, 11) is 1.49. The number of carbonyl (C=O) groups excluding carboxylic acids is 15. The van der Waals surface area contributed by atoms with Gasteiger partial charge in [0.05, 0.1) is 129 Å². The van der Waals surface area contributed by atoms with Gasteiger partial charge in [-0.3, -0.25) is 71.9 Å². The van der Waals surface area contributed by atoms with Crippen molar-refractivity contribution in [2.24, 2.45) is 23.1 Å². The molecule has 41 heteroatoms. The normalized spacial score (nSPS) is 20.1. The Bertz CT molecular complexity index is 4810. The number of aliphatic hydroxyl groups is 1. The highest BCUT2D eigenvalue weighted by Gasteiger charge is 2.48. The summed E-state index contributed by atoms with van der Waals surface area (Å²) in [6, 6.07) is 13.2. The van der Waals surface area contributed by atoms with Gasteiger partial charge in [-0.05, 0) is 113 Å². The lowest BCUT2D eigenvalue weighted by Crippen LogP contribution is -2.61. The number of nitrogens with one attached hydrogen (secondary N) is 10. The number of methoxy groups -OCH3 is 1. The molecule has 4 aliphatic heterocycles. The molecule has 3 aromatic carbocycles. The first-order valence-electron chi connectivity index (χ1n) is 47.5. The van der Waals surface area contributed by atoms with Gasteiger partial charge in [0.25, 0.3) is 0 Å². The average Bonchev–Trinajstić information content (AvgIpc) is 1.56. The number of carbonyl (C=O) groups is 15. The van der Waals surface area contributed by atoms with Crippen LogP contribution in [0.4, 0.5) is 11.4 Å². The lowest BCUT2D eigenvalue weighted by atomic mass is 9.77. The van der Waals surface area contributed by atoms with E-state index in [1.165, 1.54) is 17.6 Å². The van der Waals surface area contributed by atoms with Crippen LogP contribution in [-0.2, 0) is 122 Å². The predicted octanol–water partition coefficient (Wildman–Crippen LogP) is 1.75. The number of thioether (sulfide) groups is 1. The van der Waals surface area contributed by atoms with Crippen LogP contribution in [0.1, 0.15) is 161 Å². The molecular formula is C97H141N16O24S+. The second-order valence-corrected chi connectivity index (χ2v) is 36.3. The van der Waals surface area contributed by atoms with Crippen LogP contribution in [0, 0.1) is 5.92 Å². The molecule has 138 heavy (non-hydrogen) atoms. The molecule has 40 nitrogen and oxygen atoms in total. The lowest BCUT2D eigenvalue weighted by molar-refractivity contribution is -0.438. The largest absolute Gasteiger partial charge is 0.506 e. The molecule has 0 radical (unpaired) electrons. The third-order valence-electron chi connectivity index (χ3n) is 24.3. The summed E-state index contributed by atoms with van der Waals surface area (Å²) in [4.78, 5) is 206. The molecule has 0 aromatic heterocycles. The maximum atomic E-state index is 14.9. The summed E-state index contributed by atoms with van der Waals surface area (Å²) >= 11 is 1.14. The summed E-state index contributed by atoms with van der Waals surface area (Å²) < 4.78 is 46.6. The van der Waals surface area contributed by atoms with Crippen molar-refractivity contribution in [1.82, 2.24) is 58.1 Å². The van der Waals surface area contributed by atoms with E-state index in [-0.39, 0.29) is 143 Å². The number of allylic oxidation sites excluding steroid dienone is 5. The summed E-state index contributed by atoms with van der Waals surface area (Å²) in [6.45, 7) is 20.0. The summed E-state index contributed by atoms with van der Waals surface area (Å²) in [5, 5.41) is 38.1. The maximum absolute atomic E-state index is 14.9. The molecule has 758 valence electrons. The fraction of sp³-hybridized carbons (Fsp3) is 0.588. The molecule has 1 aliphatic carbocycles. The number of fused-ring (bicyclic) bond motifs is 2. The zero-order chi connectivity index (χ0) is 100. The average molecular weight is 1950 g/mol. The van der Waals surface area contributed by atoms with Crippen LogP contribution >= 0.6 is 11.8 Å². The summed E-state index contributed by atoms with van der Waals surface area (Å²) in [5.74, 6) is -10.5. The maximum Gasteiger partial charge on any atom is 0.246 e. The third-order valence-corrected chi connectivity index (χ3v) is 25.5. The molecule has 2 saturated heterocycles. The molecule has 4 heterocycles. The smallest absolute Gasteiger partial charge is 0.246 e. The minimum Gasteiger partial charge on any atom is -0.506 e. The highest BCUT2D eigenvalue weighted by atomic mass is 32.2. The van der Waals surface area contributed by atoms with Gasteiger partial charge in [0.2, 0.25) is 94.2 Å². The molecule has 3 aromatic rings. The van der Waals surface area contributed by atoms with Crippen LogP contribution in [0.25, 0.3) is 0 Å². The quantitative estimate of drug-likeness (QED) is 0.0217. The standard InChI is InChI=1S/C97H140N16O24S/c1-9-62(3)86-94(128)107-70(32-33-79(98)114)90(124)108-72(59-80(99)115)91(125)109-73(61-138-55-19-27-85(120)105-71(92(126)110-86)56-63-28-30-64(130-8)31-29-63)95(129)113-40-17-25-76(113)93(127)106-69(89(123)104-60-81(100)116)22-15-16-36-101-83(118)34-35-84(119)103-38-42-132-44-46-134-48-50-136-52-54-137-53-51-135-49-47-133-45-43-131-41-37-102-82(117)26-18-39-112-75-24-14-12-21-68(75)97(6,7)78(112)58-66-87(121)65(88(66)122)57-77-96(4,5)67-20-11-13-23-74(67)111(77)10-2/h11-14,20-21,23-24,28-31,57-58,62,69-73,76,86H,9-10,15-19,22,25-27,32-56,59-61H2,1-8H3,(H16-,98,99,100,101,102,103,104,105,106,107,108,109,110,114,115,116,117,118,119,120,121,122,123,124,125,126,127,128)/p+1/t62-,69-,70?,71-,72-,73-,76-,86-/m0/s1. The summed E-state index contributed by atoms with van der Waals surface area (Å²) in [5.41, 5.74) is 23.0. The minimum absolute atomic E-state index is 0.00492. The first-order valence-corrected chi connectivity index (χ1v) is 48.7. The number of likely N-dealkylation sites (tertiary alicyclic amines) is 1. The highest BCUT2D eigenvalue weighted by Crippen LogP contribution is 2.49. The van der Waals surface area contributed by atoms with E-state index >= 15 is 0 Å². The number of Topliss-reactive ketones (excluding diaryl/α,β-unsaturated/α-hetero) is 1. The molecule has 0 bridgehead atoms. The Kier molecular flexibility index (Phi) is 46.6. The summed E-state index contributed by atoms with van der Waals surface area (Å²) in [6.07, 6.45) is 3.91. The van der Waals surface area contributed by atoms with Gasteiger partial charge in [0.1, 0.15) is 60.3 Å². The number of para-hydroxylation sites is 2. The molecule has 17 N–H and O–H groups in total. The zero-order valence-electron chi connectivity index (χ0n) is 80.6. The Hall–Kier alpha value is -11.7. The van der Waals surface area contributed by atoms with Crippen LogP contribution < -0.4 is 80.0 Å². The number of unbranched alkanes of at least 4 members (excludes halogenated alkanes) is 1. The van der Waals surface area contributed by atoms with Gasteiger partial charge in [-0.2, -0.15) is 16.3 Å². The number of primary amides is 3. The van der Waals surface area contributed by atoms with E-state index in [1.54, 1.807) is 38.1 Å². The molecule has 0 spiro atoms. The molecule has 8 atom stereocenters. The molecule has 1 unspecified atom stereocenters. The zero-order valence-corrected chi connectivity index (χ0v) is 81.4. The van der Waals surface area contributed by atoms with E-state index in [2.05, 4.69) is 115 Å². The van der Waals surface area contributed by atoms with E-state index in [1.807, 2.05) is 42.5 Å². The van der Waals surface area contributed by atoms with Gasteiger partial charge in [-0.25, -0.2) is 0 Å². The van der Waals surface area contributed by atoms with Crippen molar-refractivity contribution < 1.29 is 119 Å². The number of benzene rings is 3. The van der Waals surface area contributed by atoms with Gasteiger partial charge >= 0.3 is 0 Å². The topological polar surface area (TPSA) is 558 Å². The van der Waals surface area contributed by atoms with Gasteiger partial charge in [0, 0.05) is 118 Å². The molecule has 2 fully saturated rings. The van der Waals surface area contributed by atoms with E-state index < -0.39 is 150 Å². The van der Waals surface area contributed by atoms with Crippen molar-refractivity contribution >= 4 is 117 Å². The number of ketones is 1. The van der Waals surface area contributed by atoms with Gasteiger partial charge in [0.15, 0.2) is 5.71 Å². The Morgan fingerprint density at radius 1 is 0.594 bits per heavy atom. The molecule has 5 aliphatic rings. The van der Waals surface area contributed by atoms with Gasteiger partial charge in [-0.1, -0.05) is 82.6 Å². The number of hydrogen-bond donors (Lipinski definition) is 14. The van der Waals surface area contributed by atoms with Crippen molar-refractivity contribution in [2.75, 3.05) is 162 Å². The predicted molar refractivity (Wildman–Crippen MR) is 513 cm³/mol. The van der Waals surface area contributed by atoms with Crippen LogP contribution in [0.2, 0.25) is 0 Å². The van der Waals surface area contributed by atoms with Crippen LogP contribution in [0.15, 0.2) is 108 Å². The molecule has 14 amide bonds. The van der Waals surface area contributed by atoms with Crippen LogP contribution in [0.3, 0.4) is 0 Å². The Morgan fingerprint density at radius 2 is 1.16 bits per heavy atom. The second kappa shape index (κ2) is 57.6. The third kappa shape index (κ3) is 34.7. The van der Waals surface area contributed by atoms with Crippen molar-refractivity contribution in [3.63, 3.8) is 0 Å². The number of aliphatic hydroxyl groups excluding tert-OH is 1. The fourth-order valence-electron chi connectivity index (χ4n) is 16.6. The van der Waals surface area contributed by atoms with E-state index in [9.17, 15) is 77.0 Å². The number of ether oxygens (including phenoxy) is 8. The van der Waals surface area contributed by atoms with Gasteiger partial charge < -0.3 is 123 Å².